The van der Waals surface area contributed by atoms with Crippen LogP contribution in [0.15, 0.2) is 36.4 Å². The second kappa shape index (κ2) is 9.92. The molecule has 0 unspecified atom stereocenters. The molecule has 2 N–H and O–H groups in total. The van der Waals surface area contributed by atoms with E-state index in [1.807, 2.05) is 6.92 Å². The Labute approximate surface area is 194 Å². The van der Waals surface area contributed by atoms with E-state index >= 15 is 0 Å². The maximum absolute atomic E-state index is 12.6. The fraction of sp³-hybridized carbons (Fsp3) is 0.440. The number of carbonyl (C=O) groups is 2. The Balaban J connectivity index is 1.46. The molecule has 32 heavy (non-hydrogen) atoms. The minimum absolute atomic E-state index is 0.0553. The molecule has 0 saturated carbocycles. The lowest BCUT2D eigenvalue weighted by Gasteiger charge is -2.31. The van der Waals surface area contributed by atoms with Gasteiger partial charge in [-0.3, -0.25) is 14.5 Å². The van der Waals surface area contributed by atoms with Crippen LogP contribution >= 0.6 is 11.6 Å². The van der Waals surface area contributed by atoms with Gasteiger partial charge >= 0.3 is 11.8 Å². The van der Waals surface area contributed by atoms with Crippen molar-refractivity contribution in [3.05, 3.63) is 58.1 Å². The molecule has 1 saturated heterocycles. The first-order chi connectivity index (χ1) is 15.4. The first kappa shape index (κ1) is 22.6. The van der Waals surface area contributed by atoms with Crippen molar-refractivity contribution >= 4 is 34.8 Å². The van der Waals surface area contributed by atoms with Crippen molar-refractivity contribution in [2.75, 3.05) is 43.4 Å². The maximum atomic E-state index is 12.6. The monoisotopic (exact) mass is 454 g/mol. The van der Waals surface area contributed by atoms with Crippen LogP contribution < -0.4 is 15.5 Å². The van der Waals surface area contributed by atoms with E-state index in [9.17, 15) is 9.59 Å². The van der Waals surface area contributed by atoms with Crippen LogP contribution in [0.25, 0.3) is 0 Å². The van der Waals surface area contributed by atoms with Crippen LogP contribution in [0.5, 0.6) is 0 Å². The van der Waals surface area contributed by atoms with Crippen LogP contribution in [0.1, 0.15) is 42.0 Å². The Bertz CT molecular complexity index is 1000. The minimum Gasteiger partial charge on any atom is -0.374 e. The molecule has 0 spiro atoms. The molecule has 4 rings (SSSR count). The molecular weight excluding hydrogens is 424 g/mol. The molecule has 0 radical (unpaired) electrons. The number of fused-ring (bicyclic) bond motifs is 1. The van der Waals surface area contributed by atoms with Crippen molar-refractivity contribution in [1.82, 2.24) is 10.2 Å². The van der Waals surface area contributed by atoms with E-state index in [1.165, 1.54) is 16.8 Å². The summed E-state index contributed by atoms with van der Waals surface area (Å²) in [6.45, 7) is 5.30. The maximum Gasteiger partial charge on any atom is 0.313 e. The highest BCUT2D eigenvalue weighted by Gasteiger charge is 2.26. The lowest BCUT2D eigenvalue weighted by molar-refractivity contribution is -0.136. The lowest BCUT2D eigenvalue weighted by Crippen LogP contribution is -2.41. The lowest BCUT2D eigenvalue weighted by atomic mass is 9.96. The summed E-state index contributed by atoms with van der Waals surface area (Å²) >= 11 is 6.12. The van der Waals surface area contributed by atoms with Crippen LogP contribution in [-0.2, 0) is 16.0 Å². The van der Waals surface area contributed by atoms with Crippen molar-refractivity contribution in [2.24, 2.45) is 0 Å². The molecule has 1 atom stereocenters. The molecular formula is C25H31ClN4O2. The predicted molar refractivity (Wildman–Crippen MR) is 129 cm³/mol. The van der Waals surface area contributed by atoms with E-state index in [1.54, 1.807) is 18.2 Å². The van der Waals surface area contributed by atoms with Crippen LogP contribution in [0.2, 0.25) is 5.02 Å². The predicted octanol–water partition coefficient (Wildman–Crippen LogP) is 3.92. The molecule has 2 aliphatic heterocycles. The van der Waals surface area contributed by atoms with Crippen molar-refractivity contribution in [2.45, 2.75) is 38.6 Å². The second-order valence-corrected chi connectivity index (χ2v) is 9.16. The Morgan fingerprint density at radius 2 is 1.84 bits per heavy atom. The number of benzene rings is 2. The summed E-state index contributed by atoms with van der Waals surface area (Å²) in [4.78, 5) is 29.8. The summed E-state index contributed by atoms with van der Waals surface area (Å²) < 4.78 is 0. The number of rotatable bonds is 5. The number of hydrogen-bond donors (Lipinski definition) is 2. The highest BCUT2D eigenvalue weighted by Crippen LogP contribution is 2.32. The van der Waals surface area contributed by atoms with Gasteiger partial charge in [0.25, 0.3) is 0 Å². The van der Waals surface area contributed by atoms with Gasteiger partial charge in [-0.1, -0.05) is 29.8 Å². The zero-order valence-corrected chi connectivity index (χ0v) is 19.5. The van der Waals surface area contributed by atoms with Gasteiger partial charge in [0, 0.05) is 36.5 Å². The molecule has 2 amide bonds. The number of aryl methyl sites for hydroxylation is 1. The number of halogens is 1. The van der Waals surface area contributed by atoms with Gasteiger partial charge in [0.05, 0.1) is 6.04 Å². The largest absolute Gasteiger partial charge is 0.374 e. The molecule has 0 aliphatic carbocycles. The number of carbonyl (C=O) groups excluding carboxylic acids is 2. The fourth-order valence-electron chi connectivity index (χ4n) is 4.72. The third-order valence-corrected chi connectivity index (χ3v) is 7.01. The normalized spacial score (nSPS) is 17.0. The zero-order chi connectivity index (χ0) is 22.7. The number of nitrogens with zero attached hydrogens (tertiary/aromatic N) is 2. The van der Waals surface area contributed by atoms with Gasteiger partial charge in [0.2, 0.25) is 0 Å². The third-order valence-electron chi connectivity index (χ3n) is 6.60. The smallest absolute Gasteiger partial charge is 0.313 e. The fourth-order valence-corrected chi connectivity index (χ4v) is 4.89. The molecule has 6 nitrogen and oxygen atoms in total. The molecule has 2 aliphatic rings. The average molecular weight is 455 g/mol. The van der Waals surface area contributed by atoms with E-state index in [0.29, 0.717) is 17.3 Å². The van der Waals surface area contributed by atoms with Crippen molar-refractivity contribution in [3.8, 4) is 0 Å². The zero-order valence-electron chi connectivity index (χ0n) is 18.8. The first-order valence-electron chi connectivity index (χ1n) is 11.4. The van der Waals surface area contributed by atoms with Crippen LogP contribution in [-0.4, -0.2) is 49.9 Å². The summed E-state index contributed by atoms with van der Waals surface area (Å²) in [6, 6.07) is 12.0. The number of likely N-dealkylation sites (tertiary alicyclic amines) is 1. The summed E-state index contributed by atoms with van der Waals surface area (Å²) in [6.07, 6.45) is 4.55. The first-order valence-corrected chi connectivity index (χ1v) is 11.7. The molecule has 7 heteroatoms. The van der Waals surface area contributed by atoms with Gasteiger partial charge in [-0.2, -0.15) is 0 Å². The van der Waals surface area contributed by atoms with Gasteiger partial charge in [-0.15, -0.1) is 0 Å². The van der Waals surface area contributed by atoms with E-state index in [2.05, 4.69) is 45.7 Å². The Morgan fingerprint density at radius 3 is 2.62 bits per heavy atom. The SMILES string of the molecule is Cc1c(Cl)cccc1NC(=O)C(=O)NC[C@H](c1ccc2c(c1)CCCN2C)N1CCCC1. The summed E-state index contributed by atoms with van der Waals surface area (Å²) in [5, 5.41) is 6.09. The standard InChI is InChI=1S/C25H31ClN4O2/c1-17-20(26)8-5-9-21(17)28-25(32)24(31)27-16-23(30-13-3-4-14-30)19-10-11-22-18(15-19)7-6-12-29(22)2/h5,8-11,15,23H,3-4,6-7,12-14,16H2,1-2H3,(H,27,31)(H,28,32)/t23-/m1/s1. The van der Waals surface area contributed by atoms with E-state index in [-0.39, 0.29) is 6.04 Å². The van der Waals surface area contributed by atoms with Crippen molar-refractivity contribution in [3.63, 3.8) is 0 Å². The van der Waals surface area contributed by atoms with E-state index < -0.39 is 11.8 Å². The quantitative estimate of drug-likeness (QED) is 0.672. The molecule has 2 aromatic rings. The number of hydrogen-bond acceptors (Lipinski definition) is 4. The summed E-state index contributed by atoms with van der Waals surface area (Å²) in [7, 11) is 2.14. The number of nitrogens with one attached hydrogen (secondary N) is 2. The van der Waals surface area contributed by atoms with Crippen LogP contribution in [0.4, 0.5) is 11.4 Å². The van der Waals surface area contributed by atoms with Crippen molar-refractivity contribution < 1.29 is 9.59 Å². The summed E-state index contributed by atoms with van der Waals surface area (Å²) in [5.74, 6) is -1.31. The van der Waals surface area contributed by atoms with Crippen molar-refractivity contribution in [1.29, 1.82) is 0 Å². The average Bonchev–Trinajstić information content (AvgIpc) is 3.31. The van der Waals surface area contributed by atoms with Gasteiger partial charge in [0.15, 0.2) is 0 Å². The second-order valence-electron chi connectivity index (χ2n) is 8.75. The molecule has 2 heterocycles. The third kappa shape index (κ3) is 4.92. The van der Waals surface area contributed by atoms with Gasteiger partial charge < -0.3 is 15.5 Å². The van der Waals surface area contributed by atoms with Crippen LogP contribution in [0, 0.1) is 6.92 Å². The highest BCUT2D eigenvalue weighted by molar-refractivity contribution is 6.40. The highest BCUT2D eigenvalue weighted by atomic mass is 35.5. The Hall–Kier alpha value is -2.57. The van der Waals surface area contributed by atoms with Crippen LogP contribution in [0.3, 0.4) is 0 Å². The molecule has 0 bridgehead atoms. The Kier molecular flexibility index (Phi) is 7.01. The topological polar surface area (TPSA) is 64.7 Å². The van der Waals surface area contributed by atoms with E-state index in [4.69, 9.17) is 11.6 Å². The molecule has 0 aromatic heterocycles. The van der Waals surface area contributed by atoms with Gasteiger partial charge in [-0.05, 0) is 80.6 Å². The molecule has 1 fully saturated rings. The molecule has 170 valence electrons. The number of anilines is 2. The minimum atomic E-state index is -0.678. The molecule has 2 aromatic carbocycles. The number of amides is 2. The summed E-state index contributed by atoms with van der Waals surface area (Å²) in [5.41, 5.74) is 5.14. The van der Waals surface area contributed by atoms with Gasteiger partial charge in [-0.25, -0.2) is 0 Å². The Morgan fingerprint density at radius 1 is 1.06 bits per heavy atom. The van der Waals surface area contributed by atoms with E-state index in [0.717, 1.165) is 50.9 Å². The van der Waals surface area contributed by atoms with Gasteiger partial charge in [0.1, 0.15) is 0 Å².